The molecule has 0 aliphatic rings. The van der Waals surface area contributed by atoms with E-state index in [4.69, 9.17) is 0 Å². The van der Waals surface area contributed by atoms with Gasteiger partial charge in [-0.1, -0.05) is 57.5 Å². The number of hydrogen-bond donors (Lipinski definition) is 0. The summed E-state index contributed by atoms with van der Waals surface area (Å²) in [5, 5.41) is 12.6. The van der Waals surface area contributed by atoms with Gasteiger partial charge in [-0.25, -0.2) is 0 Å². The Morgan fingerprint density at radius 3 is 1.88 bits per heavy atom. The third-order valence-electron chi connectivity index (χ3n) is 5.15. The van der Waals surface area contributed by atoms with Crippen molar-refractivity contribution in [2.75, 3.05) is 3.88 Å². The van der Waals surface area contributed by atoms with E-state index in [-0.39, 0.29) is 5.54 Å². The molecule has 0 fully saturated rings. The lowest BCUT2D eigenvalue weighted by Gasteiger charge is -2.44. The van der Waals surface area contributed by atoms with Crippen LogP contribution in [0.1, 0.15) is 70.2 Å². The highest BCUT2D eigenvalue weighted by atomic mass is 27.2. The molecule has 0 N–H and O–H groups in total. The molecule has 0 aliphatic heterocycles. The number of nitrogens with zero attached hydrogens (tertiary/aromatic N) is 2. The molecule has 26 heavy (non-hydrogen) atoms. The van der Waals surface area contributed by atoms with Crippen molar-refractivity contribution in [1.82, 2.24) is 0 Å². The van der Waals surface area contributed by atoms with Crippen molar-refractivity contribution in [3.63, 3.8) is 0 Å². The fourth-order valence-corrected chi connectivity index (χ4v) is 6.24. The second-order valence-electron chi connectivity index (χ2n) is 8.53. The standard InChI is InChI=1S/C20H27N2O.2CH3.Al/c1-14(2)16-10-9-11-17(15(3)4)19(16)21-20(5,6)18-12-7-8-13-22(18)23;;;/h7-15H,1-6H3;2*1H3;/q-1;;;+1. The van der Waals surface area contributed by atoms with Crippen LogP contribution in [0, 0.1) is 5.21 Å². The highest BCUT2D eigenvalue weighted by Crippen LogP contribution is 2.41. The van der Waals surface area contributed by atoms with Crippen LogP contribution in [-0.2, 0) is 5.54 Å². The number of para-hydroxylation sites is 1. The van der Waals surface area contributed by atoms with Crippen molar-refractivity contribution in [3.05, 3.63) is 64.6 Å². The number of aromatic nitrogens is 1. The lowest BCUT2D eigenvalue weighted by molar-refractivity contribution is -0.618. The first-order valence-corrected chi connectivity index (χ1v) is 12.5. The Morgan fingerprint density at radius 2 is 1.46 bits per heavy atom. The molecule has 2 aromatic rings. The zero-order chi connectivity index (χ0) is 19.6. The summed E-state index contributed by atoms with van der Waals surface area (Å²) in [4.78, 5) is 0. The minimum absolute atomic E-state index is 0.377. The molecule has 0 amide bonds. The summed E-state index contributed by atoms with van der Waals surface area (Å²) >= 11 is -1.29. The molecule has 0 unspecified atom stereocenters. The van der Waals surface area contributed by atoms with Gasteiger partial charge < -0.3 is 9.09 Å². The normalized spacial score (nSPS) is 11.9. The van der Waals surface area contributed by atoms with Crippen LogP contribution < -0.4 is 8.61 Å². The van der Waals surface area contributed by atoms with Crippen molar-refractivity contribution in [2.24, 2.45) is 0 Å². The smallest absolute Gasteiger partial charge is 0.408 e. The molecule has 0 atom stereocenters. The zero-order valence-electron chi connectivity index (χ0n) is 17.6. The summed E-state index contributed by atoms with van der Waals surface area (Å²) in [6.07, 6.45) is 1.61. The van der Waals surface area contributed by atoms with Gasteiger partial charge in [0.25, 0.3) is 0 Å². The van der Waals surface area contributed by atoms with E-state index in [1.165, 1.54) is 16.8 Å². The van der Waals surface area contributed by atoms with Crippen molar-refractivity contribution < 1.29 is 4.73 Å². The Balaban J connectivity index is 2.78. The molecule has 0 saturated heterocycles. The van der Waals surface area contributed by atoms with Gasteiger partial charge in [0, 0.05) is 17.8 Å². The summed E-state index contributed by atoms with van der Waals surface area (Å²) in [6.45, 7) is 13.4. The topological polar surface area (TPSA) is 30.2 Å². The first kappa shape index (κ1) is 20.8. The predicted molar refractivity (Wildman–Crippen MR) is 113 cm³/mol. The van der Waals surface area contributed by atoms with E-state index in [0.717, 1.165) is 10.4 Å². The molecule has 0 saturated carbocycles. The summed E-state index contributed by atoms with van der Waals surface area (Å²) in [7, 11) is 0. The van der Waals surface area contributed by atoms with E-state index in [1.807, 2.05) is 12.1 Å². The quantitative estimate of drug-likeness (QED) is 0.380. The lowest BCUT2D eigenvalue weighted by atomic mass is 9.90. The van der Waals surface area contributed by atoms with E-state index >= 15 is 0 Å². The van der Waals surface area contributed by atoms with E-state index in [0.29, 0.717) is 11.8 Å². The second kappa shape index (κ2) is 8.03. The maximum atomic E-state index is 12.6. The molecule has 0 aliphatic carbocycles. The minimum Gasteiger partial charge on any atom is -0.618 e. The van der Waals surface area contributed by atoms with Crippen molar-refractivity contribution >= 4 is 20.1 Å². The van der Waals surface area contributed by atoms with Gasteiger partial charge in [0.05, 0.1) is 5.54 Å². The molecular formula is C22H33AlN2O. The molecule has 1 aromatic heterocycles. The monoisotopic (exact) mass is 368 g/mol. The number of pyridine rings is 1. The van der Waals surface area contributed by atoms with Gasteiger partial charge in [-0.2, -0.15) is 4.73 Å². The molecule has 0 radical (unpaired) electrons. The van der Waals surface area contributed by atoms with Gasteiger partial charge in [0.1, 0.15) is 0 Å². The summed E-state index contributed by atoms with van der Waals surface area (Å²) in [6, 6.07) is 12.4. The fourth-order valence-electron chi connectivity index (χ4n) is 4.00. The average Bonchev–Trinajstić information content (AvgIpc) is 2.54. The average molecular weight is 369 g/mol. The van der Waals surface area contributed by atoms with Crippen LogP contribution in [0.2, 0.25) is 11.6 Å². The molecule has 140 valence electrons. The van der Waals surface area contributed by atoms with Crippen LogP contribution in [0.15, 0.2) is 42.6 Å². The number of rotatable bonds is 6. The number of benzene rings is 1. The number of hydrogen-bond acceptors (Lipinski definition) is 2. The van der Waals surface area contributed by atoms with Crippen LogP contribution in [0.5, 0.6) is 0 Å². The van der Waals surface area contributed by atoms with Gasteiger partial charge in [0.2, 0.25) is 5.69 Å². The van der Waals surface area contributed by atoms with Crippen LogP contribution in [0.4, 0.5) is 5.69 Å². The largest absolute Gasteiger partial charge is 0.618 e. The Morgan fingerprint density at radius 1 is 0.923 bits per heavy atom. The van der Waals surface area contributed by atoms with E-state index in [2.05, 4.69) is 75.2 Å². The highest BCUT2D eigenvalue weighted by Gasteiger charge is 2.40. The maximum absolute atomic E-state index is 12.6. The number of anilines is 1. The van der Waals surface area contributed by atoms with Crippen LogP contribution in [-0.4, -0.2) is 14.4 Å². The van der Waals surface area contributed by atoms with Crippen molar-refractivity contribution in [1.29, 1.82) is 0 Å². The van der Waals surface area contributed by atoms with E-state index < -0.39 is 14.4 Å². The van der Waals surface area contributed by atoms with E-state index in [1.54, 1.807) is 12.3 Å². The SMILES string of the molecule is CC(C)c1cccc(C(C)C)c1[N]([Al]([CH3])[CH3])C(C)(C)c1cccc[n+]1[O-]. The highest BCUT2D eigenvalue weighted by molar-refractivity contribution is 6.60. The van der Waals surface area contributed by atoms with Crippen LogP contribution in [0.3, 0.4) is 0 Å². The zero-order valence-corrected chi connectivity index (χ0v) is 18.7. The molecule has 2 rings (SSSR count). The Labute approximate surface area is 163 Å². The van der Waals surface area contributed by atoms with Gasteiger partial charge in [-0.15, -0.1) is 0 Å². The third kappa shape index (κ3) is 3.92. The second-order valence-corrected chi connectivity index (χ2v) is 11.2. The predicted octanol–water partition coefficient (Wildman–Crippen LogP) is 5.56. The van der Waals surface area contributed by atoms with Crippen molar-refractivity contribution in [2.45, 2.75) is 70.5 Å². The molecule has 4 heteroatoms. The van der Waals surface area contributed by atoms with Gasteiger partial charge in [0.15, 0.2) is 6.20 Å². The molecule has 0 bridgehead atoms. The van der Waals surface area contributed by atoms with E-state index in [9.17, 15) is 5.21 Å². The molecular weight excluding hydrogens is 335 g/mol. The van der Waals surface area contributed by atoms with Crippen LogP contribution >= 0.6 is 0 Å². The maximum Gasteiger partial charge on any atom is 0.408 e. The van der Waals surface area contributed by atoms with Crippen molar-refractivity contribution in [3.8, 4) is 0 Å². The molecule has 1 aromatic carbocycles. The third-order valence-corrected chi connectivity index (χ3v) is 7.09. The van der Waals surface area contributed by atoms with Crippen LogP contribution in [0.25, 0.3) is 0 Å². The Bertz CT molecular complexity index is 727. The molecule has 0 spiro atoms. The first-order valence-electron chi connectivity index (χ1n) is 9.69. The minimum atomic E-state index is -1.29. The lowest BCUT2D eigenvalue weighted by Crippen LogP contribution is -2.54. The Hall–Kier alpha value is -1.50. The summed E-state index contributed by atoms with van der Waals surface area (Å²) < 4.78 is 3.60. The van der Waals surface area contributed by atoms with Gasteiger partial charge >= 0.3 is 14.4 Å². The molecule has 3 nitrogen and oxygen atoms in total. The molecule has 1 heterocycles. The summed E-state index contributed by atoms with van der Waals surface area (Å²) in [5.41, 5.74) is 4.51. The fraction of sp³-hybridized carbons (Fsp3) is 0.500. The van der Waals surface area contributed by atoms with Gasteiger partial charge in [-0.3, -0.25) is 0 Å². The first-order chi connectivity index (χ1) is 12.1. The summed E-state index contributed by atoms with van der Waals surface area (Å²) in [5.74, 6) is 5.57. The Kier molecular flexibility index (Phi) is 6.43. The van der Waals surface area contributed by atoms with Gasteiger partial charge in [-0.05, 0) is 42.9 Å².